The minimum atomic E-state index is 0.131. The van der Waals surface area contributed by atoms with Gasteiger partial charge in [-0.3, -0.25) is 4.79 Å². The summed E-state index contributed by atoms with van der Waals surface area (Å²) in [5.41, 5.74) is 1.79. The Bertz CT molecular complexity index is 1010. The van der Waals surface area contributed by atoms with Crippen molar-refractivity contribution in [1.82, 2.24) is 15.0 Å². The van der Waals surface area contributed by atoms with E-state index in [1.165, 1.54) is 0 Å². The molecule has 4 rings (SSSR count). The van der Waals surface area contributed by atoms with Gasteiger partial charge in [0.25, 0.3) is 5.89 Å². The van der Waals surface area contributed by atoms with Crippen LogP contribution in [0.5, 0.6) is 11.5 Å². The van der Waals surface area contributed by atoms with E-state index in [1.54, 1.807) is 14.2 Å². The third-order valence-corrected chi connectivity index (χ3v) is 5.46. The Morgan fingerprint density at radius 1 is 1.07 bits per heavy atom. The zero-order chi connectivity index (χ0) is 20.9. The highest BCUT2D eigenvalue weighted by atomic mass is 16.5. The van der Waals surface area contributed by atoms with E-state index < -0.39 is 0 Å². The molecule has 3 aromatic rings. The summed E-state index contributed by atoms with van der Waals surface area (Å²) in [6.07, 6.45) is 2.02. The van der Waals surface area contributed by atoms with Crippen molar-refractivity contribution in [3.63, 3.8) is 0 Å². The second-order valence-electron chi connectivity index (χ2n) is 7.37. The first kappa shape index (κ1) is 19.9. The van der Waals surface area contributed by atoms with E-state index in [0.717, 1.165) is 35.5 Å². The molecule has 0 unspecified atom stereocenters. The van der Waals surface area contributed by atoms with Crippen LogP contribution in [-0.2, 0) is 11.2 Å². The summed E-state index contributed by atoms with van der Waals surface area (Å²) in [4.78, 5) is 19.2. The van der Waals surface area contributed by atoms with Gasteiger partial charge < -0.3 is 18.9 Å². The second kappa shape index (κ2) is 8.98. The quantitative estimate of drug-likeness (QED) is 0.620. The number of methoxy groups -OCH3 is 2. The summed E-state index contributed by atoms with van der Waals surface area (Å²) < 4.78 is 16.0. The predicted molar refractivity (Wildman–Crippen MR) is 112 cm³/mol. The molecule has 7 heteroatoms. The van der Waals surface area contributed by atoms with Crippen molar-refractivity contribution in [2.75, 3.05) is 27.3 Å². The van der Waals surface area contributed by atoms with E-state index in [-0.39, 0.29) is 11.8 Å². The van der Waals surface area contributed by atoms with E-state index in [0.29, 0.717) is 31.2 Å². The van der Waals surface area contributed by atoms with Crippen LogP contribution in [0.4, 0.5) is 0 Å². The van der Waals surface area contributed by atoms with Gasteiger partial charge in [-0.15, -0.1) is 0 Å². The molecule has 7 nitrogen and oxygen atoms in total. The maximum atomic E-state index is 12.7. The predicted octanol–water partition coefficient (Wildman–Crippen LogP) is 3.70. The molecule has 2 aromatic carbocycles. The second-order valence-corrected chi connectivity index (χ2v) is 7.37. The van der Waals surface area contributed by atoms with Crippen LogP contribution in [0.2, 0.25) is 0 Å². The molecule has 30 heavy (non-hydrogen) atoms. The summed E-state index contributed by atoms with van der Waals surface area (Å²) in [6.45, 7) is 1.38. The van der Waals surface area contributed by atoms with Crippen molar-refractivity contribution < 1.29 is 18.8 Å². The number of carbonyl (C=O) groups is 1. The van der Waals surface area contributed by atoms with E-state index in [2.05, 4.69) is 10.1 Å². The highest BCUT2D eigenvalue weighted by Crippen LogP contribution is 2.29. The average Bonchev–Trinajstić information content (AvgIpc) is 3.30. The first-order chi connectivity index (χ1) is 14.7. The maximum Gasteiger partial charge on any atom is 0.258 e. The lowest BCUT2D eigenvalue weighted by Crippen LogP contribution is -2.39. The van der Waals surface area contributed by atoms with Crippen molar-refractivity contribution in [2.24, 2.45) is 0 Å². The van der Waals surface area contributed by atoms with Crippen LogP contribution in [0.15, 0.2) is 53.1 Å². The zero-order valence-corrected chi connectivity index (χ0v) is 17.2. The fraction of sp³-hybridized carbons (Fsp3) is 0.348. The Morgan fingerprint density at radius 3 is 2.50 bits per heavy atom. The largest absolute Gasteiger partial charge is 0.497 e. The standard InChI is InChI=1S/C23H25N3O4/c1-28-19-7-3-5-16(13-19)14-21(27)26-11-9-17(10-12-26)22-24-23(30-25-22)18-6-4-8-20(15-18)29-2/h3-8,13,15,17H,9-12,14H2,1-2H3. The third-order valence-electron chi connectivity index (χ3n) is 5.46. The normalized spacial score (nSPS) is 14.5. The van der Waals surface area contributed by atoms with Gasteiger partial charge in [-0.2, -0.15) is 4.98 Å². The SMILES string of the molecule is COc1cccc(CC(=O)N2CCC(c3noc(-c4cccc(OC)c4)n3)CC2)c1. The minimum Gasteiger partial charge on any atom is -0.497 e. The van der Waals surface area contributed by atoms with Gasteiger partial charge >= 0.3 is 0 Å². The van der Waals surface area contributed by atoms with Gasteiger partial charge in [0.05, 0.1) is 20.6 Å². The number of carbonyl (C=O) groups excluding carboxylic acids is 1. The molecule has 0 radical (unpaired) electrons. The van der Waals surface area contributed by atoms with E-state index in [1.807, 2.05) is 53.4 Å². The van der Waals surface area contributed by atoms with Crippen LogP contribution in [-0.4, -0.2) is 48.3 Å². The lowest BCUT2D eigenvalue weighted by Gasteiger charge is -2.30. The molecule has 1 aromatic heterocycles. The van der Waals surface area contributed by atoms with Crippen molar-refractivity contribution in [3.8, 4) is 23.0 Å². The minimum absolute atomic E-state index is 0.131. The number of aromatic nitrogens is 2. The van der Waals surface area contributed by atoms with Gasteiger partial charge in [-0.1, -0.05) is 23.4 Å². The van der Waals surface area contributed by atoms with E-state index in [4.69, 9.17) is 14.0 Å². The summed E-state index contributed by atoms with van der Waals surface area (Å²) >= 11 is 0. The smallest absolute Gasteiger partial charge is 0.258 e. The number of hydrogen-bond donors (Lipinski definition) is 0. The number of ether oxygens (including phenoxy) is 2. The lowest BCUT2D eigenvalue weighted by molar-refractivity contribution is -0.131. The van der Waals surface area contributed by atoms with Gasteiger partial charge in [0, 0.05) is 24.6 Å². The Labute approximate surface area is 175 Å². The number of hydrogen-bond acceptors (Lipinski definition) is 6. The topological polar surface area (TPSA) is 77.7 Å². The molecule has 0 aliphatic carbocycles. The number of rotatable bonds is 6. The molecule has 0 bridgehead atoms. The molecular weight excluding hydrogens is 382 g/mol. The number of nitrogens with zero attached hydrogens (tertiary/aromatic N) is 3. The summed E-state index contributed by atoms with van der Waals surface area (Å²) in [7, 11) is 3.26. The fourth-order valence-electron chi connectivity index (χ4n) is 3.73. The molecule has 0 atom stereocenters. The highest BCUT2D eigenvalue weighted by molar-refractivity contribution is 5.79. The van der Waals surface area contributed by atoms with Gasteiger partial charge in [-0.25, -0.2) is 0 Å². The van der Waals surface area contributed by atoms with Crippen LogP contribution < -0.4 is 9.47 Å². The monoisotopic (exact) mass is 407 g/mol. The van der Waals surface area contributed by atoms with Crippen molar-refractivity contribution in [1.29, 1.82) is 0 Å². The molecule has 1 aliphatic rings. The zero-order valence-electron chi connectivity index (χ0n) is 17.2. The number of likely N-dealkylation sites (tertiary alicyclic amines) is 1. The first-order valence-corrected chi connectivity index (χ1v) is 10.0. The Kier molecular flexibility index (Phi) is 5.97. The van der Waals surface area contributed by atoms with Crippen LogP contribution >= 0.6 is 0 Å². The van der Waals surface area contributed by atoms with Crippen molar-refractivity contribution in [3.05, 3.63) is 59.9 Å². The summed E-state index contributed by atoms with van der Waals surface area (Å²) in [5.74, 6) is 3.02. The van der Waals surface area contributed by atoms with Gasteiger partial charge in [0.15, 0.2) is 5.82 Å². The van der Waals surface area contributed by atoms with Crippen LogP contribution in [0.3, 0.4) is 0 Å². The molecule has 1 aliphatic heterocycles. The van der Waals surface area contributed by atoms with Crippen LogP contribution in [0.1, 0.15) is 30.1 Å². The molecule has 1 amide bonds. The summed E-state index contributed by atoms with van der Waals surface area (Å²) in [5, 5.41) is 4.18. The van der Waals surface area contributed by atoms with Crippen LogP contribution in [0.25, 0.3) is 11.5 Å². The number of amides is 1. The van der Waals surface area contributed by atoms with Crippen molar-refractivity contribution >= 4 is 5.91 Å². The Balaban J connectivity index is 1.35. The molecule has 0 saturated carbocycles. The van der Waals surface area contributed by atoms with Gasteiger partial charge in [0.2, 0.25) is 5.91 Å². The highest BCUT2D eigenvalue weighted by Gasteiger charge is 2.27. The Morgan fingerprint density at radius 2 is 1.77 bits per heavy atom. The molecule has 0 spiro atoms. The lowest BCUT2D eigenvalue weighted by atomic mass is 9.95. The number of benzene rings is 2. The van der Waals surface area contributed by atoms with Crippen molar-refractivity contribution in [2.45, 2.75) is 25.2 Å². The van der Waals surface area contributed by atoms with E-state index >= 15 is 0 Å². The molecule has 156 valence electrons. The Hall–Kier alpha value is -3.35. The fourth-order valence-corrected chi connectivity index (χ4v) is 3.73. The van der Waals surface area contributed by atoms with Gasteiger partial charge in [0.1, 0.15) is 11.5 Å². The molecule has 0 N–H and O–H groups in total. The molecule has 1 fully saturated rings. The molecule has 2 heterocycles. The maximum absolute atomic E-state index is 12.7. The molecular formula is C23H25N3O4. The average molecular weight is 407 g/mol. The van der Waals surface area contributed by atoms with Gasteiger partial charge in [-0.05, 0) is 48.7 Å². The summed E-state index contributed by atoms with van der Waals surface area (Å²) in [6, 6.07) is 15.2. The van der Waals surface area contributed by atoms with E-state index in [9.17, 15) is 4.79 Å². The molecule has 1 saturated heterocycles. The third kappa shape index (κ3) is 4.45. The van der Waals surface area contributed by atoms with Crippen LogP contribution in [0, 0.1) is 0 Å². The number of piperidine rings is 1. The first-order valence-electron chi connectivity index (χ1n) is 10.0.